The summed E-state index contributed by atoms with van der Waals surface area (Å²) in [6.45, 7) is 0. The molecule has 1 aromatic heterocycles. The van der Waals surface area contributed by atoms with Crippen LogP contribution in [-0.4, -0.2) is 20.6 Å². The van der Waals surface area contributed by atoms with Gasteiger partial charge in [-0.3, -0.25) is 10.3 Å². The average Bonchev–Trinajstić information content (AvgIpc) is 2.77. The van der Waals surface area contributed by atoms with Crippen LogP contribution in [0.3, 0.4) is 0 Å². The van der Waals surface area contributed by atoms with E-state index in [0.29, 0.717) is 10.9 Å². The quantitative estimate of drug-likeness (QED) is 0.454. The Labute approximate surface area is 80.9 Å². The molecule has 0 fully saturated rings. The van der Waals surface area contributed by atoms with Gasteiger partial charge in [0, 0.05) is 6.20 Å². The number of hydrogen-bond donors (Lipinski definition) is 3. The van der Waals surface area contributed by atoms with Crippen LogP contribution < -0.4 is 11.0 Å². The van der Waals surface area contributed by atoms with E-state index in [1.807, 2.05) is 6.07 Å². The molecule has 0 saturated heterocycles. The molecule has 14 heavy (non-hydrogen) atoms. The van der Waals surface area contributed by atoms with Crippen LogP contribution in [0.2, 0.25) is 0 Å². The number of nitrogens with zero attached hydrogens (tertiary/aromatic N) is 3. The molecule has 0 aliphatic rings. The third-order valence-corrected chi connectivity index (χ3v) is 1.35. The number of H-pyrrole nitrogens is 1. The number of hydrogen-bond acceptors (Lipinski definition) is 5. The van der Waals surface area contributed by atoms with E-state index >= 15 is 0 Å². The average molecular weight is 193 g/mol. The Morgan fingerprint density at radius 2 is 2.00 bits per heavy atom. The lowest BCUT2D eigenvalue weighted by Gasteiger charge is -2.07. The molecule has 1 heterocycles. The lowest BCUT2D eigenvalue weighted by Crippen LogP contribution is -2.25. The van der Waals surface area contributed by atoms with Crippen molar-refractivity contribution < 1.29 is 5.21 Å². The Bertz CT molecular complexity index is 304. The summed E-state index contributed by atoms with van der Waals surface area (Å²) in [5, 5.41) is 18.5. The Morgan fingerprint density at radius 3 is 2.29 bits per heavy atom. The molecule has 2 rings (SSSR count). The van der Waals surface area contributed by atoms with E-state index in [0.717, 1.165) is 0 Å². The van der Waals surface area contributed by atoms with Crippen molar-refractivity contribution in [2.75, 3.05) is 5.17 Å². The molecule has 1 aromatic carbocycles. The van der Waals surface area contributed by atoms with Crippen LogP contribution in [0.1, 0.15) is 0 Å². The van der Waals surface area contributed by atoms with Crippen LogP contribution in [0, 0.1) is 0 Å². The molecule has 0 aliphatic carbocycles. The summed E-state index contributed by atoms with van der Waals surface area (Å²) in [6, 6.07) is 8.86. The largest absolute Gasteiger partial charge is 0.273 e. The molecule has 4 N–H and O–H groups in total. The highest BCUT2D eigenvalue weighted by molar-refractivity contribution is 5.41. The molecule has 0 atom stereocenters. The van der Waals surface area contributed by atoms with Gasteiger partial charge in [-0.05, 0) is 12.1 Å². The molecule has 0 spiro atoms. The standard InChI is InChI=1S/C6H8N2O.C2H3N3/c7-8(9)6-4-2-1-3-5-6;1-2-4-5-3-1/h1-5,9H,7H2;1-2H,(H,3,4,5). The molecule has 6 heteroatoms. The summed E-state index contributed by atoms with van der Waals surface area (Å²) in [5.41, 5.74) is 0.581. The van der Waals surface area contributed by atoms with Crippen molar-refractivity contribution in [3.8, 4) is 0 Å². The maximum Gasteiger partial charge on any atom is 0.0817 e. The third kappa shape index (κ3) is 3.65. The van der Waals surface area contributed by atoms with Crippen molar-refractivity contribution in [1.29, 1.82) is 0 Å². The fraction of sp³-hybridized carbons (Fsp3) is 0. The molecule has 74 valence electrons. The van der Waals surface area contributed by atoms with Gasteiger partial charge in [0.2, 0.25) is 0 Å². The second-order valence-electron chi connectivity index (χ2n) is 2.34. The number of aromatic nitrogens is 3. The van der Waals surface area contributed by atoms with Crippen LogP contribution in [0.4, 0.5) is 5.69 Å². The first-order valence-corrected chi connectivity index (χ1v) is 3.90. The van der Waals surface area contributed by atoms with Crippen LogP contribution in [0.25, 0.3) is 0 Å². The van der Waals surface area contributed by atoms with E-state index in [-0.39, 0.29) is 0 Å². The van der Waals surface area contributed by atoms with Gasteiger partial charge in [-0.15, -0.1) is 5.10 Å². The molecule has 0 unspecified atom stereocenters. The summed E-state index contributed by atoms with van der Waals surface area (Å²) in [4.78, 5) is 0. The fourth-order valence-electron chi connectivity index (χ4n) is 0.747. The first-order chi connectivity index (χ1) is 6.80. The minimum absolute atomic E-state index is 0.581. The highest BCUT2D eigenvalue weighted by Gasteiger charge is 1.90. The highest BCUT2D eigenvalue weighted by atomic mass is 16.5. The Morgan fingerprint density at radius 1 is 1.29 bits per heavy atom. The molecule has 0 radical (unpaired) electrons. The zero-order valence-electron chi connectivity index (χ0n) is 7.41. The van der Waals surface area contributed by atoms with Gasteiger partial charge in [0.1, 0.15) is 0 Å². The Kier molecular flexibility index (Phi) is 4.12. The molecule has 0 bridgehead atoms. The molecule has 6 nitrogen and oxygen atoms in total. The molecule has 2 aromatic rings. The SMILES string of the molecule is NN(O)c1ccccc1.c1c[nH]nn1. The molecule has 0 amide bonds. The molecule has 0 saturated carbocycles. The van der Waals surface area contributed by atoms with Crippen LogP contribution in [0.5, 0.6) is 0 Å². The van der Waals surface area contributed by atoms with Crippen molar-refractivity contribution in [1.82, 2.24) is 15.4 Å². The second-order valence-corrected chi connectivity index (χ2v) is 2.34. The summed E-state index contributed by atoms with van der Waals surface area (Å²) in [5.74, 6) is 5.00. The minimum Gasteiger partial charge on any atom is -0.273 e. The van der Waals surface area contributed by atoms with E-state index in [1.165, 1.54) is 0 Å². The number of para-hydroxylation sites is 1. The van der Waals surface area contributed by atoms with Gasteiger partial charge < -0.3 is 0 Å². The summed E-state index contributed by atoms with van der Waals surface area (Å²) >= 11 is 0. The predicted molar refractivity (Wildman–Crippen MR) is 51.3 cm³/mol. The first-order valence-electron chi connectivity index (χ1n) is 3.90. The molecular formula is C8H11N5O. The van der Waals surface area contributed by atoms with Gasteiger partial charge in [-0.25, -0.2) is 5.84 Å². The topological polar surface area (TPSA) is 91.1 Å². The normalized spacial score (nSPS) is 8.71. The Balaban J connectivity index is 0.000000165. The van der Waals surface area contributed by atoms with E-state index in [1.54, 1.807) is 36.7 Å². The summed E-state index contributed by atoms with van der Waals surface area (Å²) in [7, 11) is 0. The number of rotatable bonds is 1. The summed E-state index contributed by atoms with van der Waals surface area (Å²) < 4.78 is 0. The zero-order chi connectivity index (χ0) is 10.2. The van der Waals surface area contributed by atoms with E-state index in [9.17, 15) is 0 Å². The first kappa shape index (κ1) is 10.2. The predicted octanol–water partition coefficient (Wildman–Crippen LogP) is 0.561. The van der Waals surface area contributed by atoms with Gasteiger partial charge in [0.15, 0.2) is 0 Å². The molecular weight excluding hydrogens is 182 g/mol. The van der Waals surface area contributed by atoms with Crippen molar-refractivity contribution in [2.24, 2.45) is 5.84 Å². The van der Waals surface area contributed by atoms with Crippen LogP contribution >= 0.6 is 0 Å². The van der Waals surface area contributed by atoms with Gasteiger partial charge in [0.05, 0.1) is 11.9 Å². The number of anilines is 1. The minimum atomic E-state index is 0.581. The van der Waals surface area contributed by atoms with Gasteiger partial charge in [-0.2, -0.15) is 5.17 Å². The molecule has 0 aliphatic heterocycles. The number of benzene rings is 1. The second kappa shape index (κ2) is 5.68. The monoisotopic (exact) mass is 193 g/mol. The fourth-order valence-corrected chi connectivity index (χ4v) is 0.747. The number of aromatic amines is 1. The number of hydrazine groups is 1. The van der Waals surface area contributed by atoms with Gasteiger partial charge in [0.25, 0.3) is 0 Å². The number of nitrogens with one attached hydrogen (secondary N) is 1. The lowest BCUT2D eigenvalue weighted by molar-refractivity contribution is 0.258. The van der Waals surface area contributed by atoms with Crippen molar-refractivity contribution >= 4 is 5.69 Å². The van der Waals surface area contributed by atoms with E-state index in [2.05, 4.69) is 15.4 Å². The van der Waals surface area contributed by atoms with Crippen LogP contribution in [-0.2, 0) is 0 Å². The number of nitrogens with two attached hydrogens (primary N) is 1. The smallest absolute Gasteiger partial charge is 0.0817 e. The Hall–Kier alpha value is -1.92. The van der Waals surface area contributed by atoms with E-state index < -0.39 is 0 Å². The van der Waals surface area contributed by atoms with E-state index in [4.69, 9.17) is 11.0 Å². The highest BCUT2D eigenvalue weighted by Crippen LogP contribution is 2.05. The van der Waals surface area contributed by atoms with Crippen molar-refractivity contribution in [3.63, 3.8) is 0 Å². The summed E-state index contributed by atoms with van der Waals surface area (Å²) in [6.07, 6.45) is 3.24. The van der Waals surface area contributed by atoms with Crippen molar-refractivity contribution in [2.45, 2.75) is 0 Å². The maximum absolute atomic E-state index is 8.63. The third-order valence-electron chi connectivity index (χ3n) is 1.35. The van der Waals surface area contributed by atoms with Gasteiger partial charge >= 0.3 is 0 Å². The maximum atomic E-state index is 8.63. The van der Waals surface area contributed by atoms with Gasteiger partial charge in [-0.1, -0.05) is 23.4 Å². The van der Waals surface area contributed by atoms with Crippen molar-refractivity contribution in [3.05, 3.63) is 42.7 Å². The van der Waals surface area contributed by atoms with Crippen LogP contribution in [0.15, 0.2) is 42.7 Å². The lowest BCUT2D eigenvalue weighted by atomic mass is 10.3. The zero-order valence-corrected chi connectivity index (χ0v) is 7.41.